The molecular formula is C21H20BrN3O4S. The minimum absolute atomic E-state index is 0.157. The van der Waals surface area contributed by atoms with Crippen molar-refractivity contribution in [3.8, 4) is 0 Å². The summed E-state index contributed by atoms with van der Waals surface area (Å²) >= 11 is 4.85. The van der Waals surface area contributed by atoms with Crippen molar-refractivity contribution in [3.05, 3.63) is 60.9 Å². The van der Waals surface area contributed by atoms with E-state index in [4.69, 9.17) is 4.74 Å². The van der Waals surface area contributed by atoms with Gasteiger partial charge in [0.15, 0.2) is 0 Å². The number of aryl methyl sites for hydroxylation is 1. The molecule has 0 saturated carbocycles. The topological polar surface area (TPSA) is 101 Å². The number of hydrogen-bond donors (Lipinski definition) is 2. The molecule has 1 atom stereocenters. The van der Waals surface area contributed by atoms with E-state index in [0.29, 0.717) is 27.5 Å². The van der Waals surface area contributed by atoms with Crippen LogP contribution in [0.5, 0.6) is 0 Å². The molecule has 7 nitrogen and oxygen atoms in total. The lowest BCUT2D eigenvalue weighted by atomic mass is 9.89. The number of ether oxygens (including phenoxy) is 1. The van der Waals surface area contributed by atoms with Crippen LogP contribution in [0.3, 0.4) is 0 Å². The summed E-state index contributed by atoms with van der Waals surface area (Å²) in [5.74, 6) is -0.0805. The number of thiophene rings is 1. The molecule has 4 rings (SSSR count). The number of esters is 1. The average molecular weight is 490 g/mol. The molecule has 2 N–H and O–H groups in total. The molecule has 0 unspecified atom stereocenters. The van der Waals surface area contributed by atoms with E-state index in [1.54, 1.807) is 35.6 Å². The molecule has 1 amide bonds. The Labute approximate surface area is 185 Å². The summed E-state index contributed by atoms with van der Waals surface area (Å²) in [4.78, 5) is 45.8. The molecule has 0 aliphatic heterocycles. The van der Waals surface area contributed by atoms with Crippen LogP contribution < -0.4 is 10.9 Å². The molecule has 0 spiro atoms. The number of amides is 1. The van der Waals surface area contributed by atoms with Crippen molar-refractivity contribution in [2.75, 3.05) is 6.54 Å². The van der Waals surface area contributed by atoms with Gasteiger partial charge in [-0.2, -0.15) is 0 Å². The van der Waals surface area contributed by atoms with Crippen LogP contribution in [0.15, 0.2) is 33.5 Å². The number of benzene rings is 1. The minimum Gasteiger partial charge on any atom is -0.456 e. The molecule has 1 aliphatic carbocycles. The van der Waals surface area contributed by atoms with Crippen molar-refractivity contribution in [1.82, 2.24) is 15.3 Å². The first-order chi connectivity index (χ1) is 14.4. The minimum atomic E-state index is -0.611. The van der Waals surface area contributed by atoms with Gasteiger partial charge in [-0.15, -0.1) is 11.3 Å². The van der Waals surface area contributed by atoms with Gasteiger partial charge >= 0.3 is 5.97 Å². The SMILES string of the molecule is C[C@H]1CCc2c(sc3nc(COC(=O)CNC(=O)c4cccc(Br)c4)[nH]c(=O)c23)C1. The van der Waals surface area contributed by atoms with Gasteiger partial charge in [0.1, 0.15) is 23.8 Å². The molecule has 1 aromatic carbocycles. The fourth-order valence-corrected chi connectivity index (χ4v) is 5.35. The van der Waals surface area contributed by atoms with E-state index in [2.05, 4.69) is 38.1 Å². The summed E-state index contributed by atoms with van der Waals surface area (Å²) in [6, 6.07) is 6.85. The van der Waals surface area contributed by atoms with Crippen molar-refractivity contribution in [2.24, 2.45) is 5.92 Å². The van der Waals surface area contributed by atoms with Gasteiger partial charge in [-0.25, -0.2) is 4.98 Å². The van der Waals surface area contributed by atoms with Gasteiger partial charge in [0, 0.05) is 14.9 Å². The Kier molecular flexibility index (Phi) is 6.01. The monoisotopic (exact) mass is 489 g/mol. The number of H-pyrrole nitrogens is 1. The number of carbonyl (C=O) groups excluding carboxylic acids is 2. The number of carbonyl (C=O) groups is 2. The maximum absolute atomic E-state index is 12.6. The Morgan fingerprint density at radius 1 is 1.40 bits per heavy atom. The van der Waals surface area contributed by atoms with Crippen molar-refractivity contribution in [1.29, 1.82) is 0 Å². The number of aromatic nitrogens is 2. The molecule has 1 aliphatic rings. The molecule has 0 saturated heterocycles. The van der Waals surface area contributed by atoms with E-state index in [9.17, 15) is 14.4 Å². The fourth-order valence-electron chi connectivity index (χ4n) is 3.55. The van der Waals surface area contributed by atoms with Gasteiger partial charge in [0.25, 0.3) is 11.5 Å². The van der Waals surface area contributed by atoms with Gasteiger partial charge in [-0.3, -0.25) is 14.4 Å². The van der Waals surface area contributed by atoms with Crippen LogP contribution in [0.1, 0.15) is 40.0 Å². The second kappa shape index (κ2) is 8.69. The fraction of sp³-hybridized carbons (Fsp3) is 0.333. The molecule has 9 heteroatoms. The predicted octanol–water partition coefficient (Wildman–Crippen LogP) is 3.35. The first kappa shape index (κ1) is 20.7. The van der Waals surface area contributed by atoms with Gasteiger partial charge in [0.05, 0.1) is 5.39 Å². The van der Waals surface area contributed by atoms with Crippen LogP contribution in [-0.4, -0.2) is 28.4 Å². The Morgan fingerprint density at radius 3 is 3.03 bits per heavy atom. The predicted molar refractivity (Wildman–Crippen MR) is 118 cm³/mol. The van der Waals surface area contributed by atoms with E-state index in [-0.39, 0.29) is 24.6 Å². The second-order valence-corrected chi connectivity index (χ2v) is 9.40. The first-order valence-electron chi connectivity index (χ1n) is 9.63. The summed E-state index contributed by atoms with van der Waals surface area (Å²) in [5.41, 5.74) is 1.35. The van der Waals surface area contributed by atoms with E-state index < -0.39 is 5.97 Å². The van der Waals surface area contributed by atoms with E-state index >= 15 is 0 Å². The van der Waals surface area contributed by atoms with Gasteiger partial charge in [0.2, 0.25) is 0 Å². The number of aromatic amines is 1. The van der Waals surface area contributed by atoms with Crippen LogP contribution >= 0.6 is 27.3 Å². The third-order valence-corrected chi connectivity index (χ3v) is 6.71. The number of rotatable bonds is 5. The molecule has 0 radical (unpaired) electrons. The third kappa shape index (κ3) is 4.46. The van der Waals surface area contributed by atoms with Crippen LogP contribution in [-0.2, 0) is 29.0 Å². The van der Waals surface area contributed by atoms with Gasteiger partial charge in [-0.05, 0) is 48.9 Å². The van der Waals surface area contributed by atoms with Crippen LogP contribution in [0.25, 0.3) is 10.2 Å². The molecule has 30 heavy (non-hydrogen) atoms. The van der Waals surface area contributed by atoms with Crippen LogP contribution in [0.4, 0.5) is 0 Å². The molecule has 2 aromatic heterocycles. The highest BCUT2D eigenvalue weighted by molar-refractivity contribution is 9.10. The Bertz CT molecular complexity index is 1190. The highest BCUT2D eigenvalue weighted by atomic mass is 79.9. The Morgan fingerprint density at radius 2 is 2.23 bits per heavy atom. The van der Waals surface area contributed by atoms with Gasteiger partial charge in [-0.1, -0.05) is 28.9 Å². The van der Waals surface area contributed by atoms with Crippen LogP contribution in [0, 0.1) is 5.92 Å². The standard InChI is InChI=1S/C21H20BrN3O4S/c1-11-5-6-14-15(7-11)30-21-18(14)20(28)24-16(25-21)10-29-17(26)9-23-19(27)12-3-2-4-13(22)8-12/h2-4,8,11H,5-7,9-10H2,1H3,(H,23,27)(H,24,25,28)/t11-/m0/s1. The maximum atomic E-state index is 12.6. The van der Waals surface area contributed by atoms with Crippen molar-refractivity contribution >= 4 is 49.4 Å². The molecule has 0 bridgehead atoms. The normalized spacial score (nSPS) is 15.6. The van der Waals surface area contributed by atoms with Crippen molar-refractivity contribution < 1.29 is 14.3 Å². The first-order valence-corrected chi connectivity index (χ1v) is 11.2. The quantitative estimate of drug-likeness (QED) is 0.535. The summed E-state index contributed by atoms with van der Waals surface area (Å²) in [6.07, 6.45) is 2.94. The van der Waals surface area contributed by atoms with Gasteiger partial charge < -0.3 is 15.0 Å². The number of fused-ring (bicyclic) bond motifs is 3. The lowest BCUT2D eigenvalue weighted by molar-refractivity contribution is -0.143. The summed E-state index contributed by atoms with van der Waals surface area (Å²) in [6.45, 7) is 1.78. The van der Waals surface area contributed by atoms with E-state index in [1.807, 2.05) is 0 Å². The number of hydrogen-bond acceptors (Lipinski definition) is 6. The number of halogens is 1. The maximum Gasteiger partial charge on any atom is 0.325 e. The largest absolute Gasteiger partial charge is 0.456 e. The zero-order valence-corrected chi connectivity index (χ0v) is 18.7. The lowest BCUT2D eigenvalue weighted by Gasteiger charge is -2.17. The average Bonchev–Trinajstić information content (AvgIpc) is 3.08. The van der Waals surface area contributed by atoms with Crippen molar-refractivity contribution in [3.63, 3.8) is 0 Å². The Hall–Kier alpha value is -2.52. The molecule has 156 valence electrons. The highest BCUT2D eigenvalue weighted by Gasteiger charge is 2.23. The van der Waals surface area contributed by atoms with Crippen LogP contribution in [0.2, 0.25) is 0 Å². The summed E-state index contributed by atoms with van der Waals surface area (Å²) < 4.78 is 5.94. The molecule has 2 heterocycles. The smallest absolute Gasteiger partial charge is 0.325 e. The zero-order valence-electron chi connectivity index (χ0n) is 16.3. The zero-order chi connectivity index (χ0) is 21.3. The summed E-state index contributed by atoms with van der Waals surface area (Å²) in [5, 5.41) is 3.18. The van der Waals surface area contributed by atoms with Crippen molar-refractivity contribution in [2.45, 2.75) is 32.8 Å². The Balaban J connectivity index is 1.38. The number of nitrogens with zero attached hydrogens (tertiary/aromatic N) is 1. The molecule has 0 fully saturated rings. The second-order valence-electron chi connectivity index (χ2n) is 7.40. The lowest BCUT2D eigenvalue weighted by Crippen LogP contribution is -2.30. The molecular weight excluding hydrogens is 470 g/mol. The van der Waals surface area contributed by atoms with E-state index in [1.165, 1.54) is 4.88 Å². The highest BCUT2D eigenvalue weighted by Crippen LogP contribution is 2.35. The summed E-state index contributed by atoms with van der Waals surface area (Å²) in [7, 11) is 0. The number of nitrogens with one attached hydrogen (secondary N) is 2. The third-order valence-electron chi connectivity index (χ3n) is 5.06. The molecule has 3 aromatic rings. The van der Waals surface area contributed by atoms with E-state index in [0.717, 1.165) is 29.3 Å².